The van der Waals surface area contributed by atoms with Crippen LogP contribution in [0.5, 0.6) is 0 Å². The van der Waals surface area contributed by atoms with Crippen molar-refractivity contribution in [2.24, 2.45) is 17.8 Å². The standard InChI is InChI=1S/C15H15ClFN/c16-15-7-11(17)3-4-12(15)14(8-18)13-6-9-1-2-10(13)5-9/h3-4,7,9-10,13-14H,1-2,5-6H2. The first kappa shape index (κ1) is 12.0. The molecule has 18 heavy (non-hydrogen) atoms. The predicted molar refractivity (Wildman–Crippen MR) is 68.7 cm³/mol. The highest BCUT2D eigenvalue weighted by Crippen LogP contribution is 2.53. The van der Waals surface area contributed by atoms with E-state index in [0.29, 0.717) is 16.9 Å². The van der Waals surface area contributed by atoms with Crippen molar-refractivity contribution in [2.45, 2.75) is 31.6 Å². The smallest absolute Gasteiger partial charge is 0.124 e. The molecule has 0 amide bonds. The van der Waals surface area contributed by atoms with Gasteiger partial charge in [-0.05, 0) is 54.7 Å². The van der Waals surface area contributed by atoms with Gasteiger partial charge in [0, 0.05) is 5.02 Å². The zero-order chi connectivity index (χ0) is 12.7. The second-order valence-corrected chi connectivity index (χ2v) is 6.02. The minimum absolute atomic E-state index is 0.173. The molecule has 3 rings (SSSR count). The van der Waals surface area contributed by atoms with E-state index in [2.05, 4.69) is 6.07 Å². The van der Waals surface area contributed by atoms with Crippen LogP contribution in [0.25, 0.3) is 0 Å². The number of nitriles is 1. The molecule has 4 atom stereocenters. The van der Waals surface area contributed by atoms with E-state index in [9.17, 15) is 9.65 Å². The minimum Gasteiger partial charge on any atom is -0.207 e. The van der Waals surface area contributed by atoms with Gasteiger partial charge in [-0.25, -0.2) is 4.39 Å². The average Bonchev–Trinajstić information content (AvgIpc) is 2.95. The Kier molecular flexibility index (Phi) is 3.03. The van der Waals surface area contributed by atoms with Crippen molar-refractivity contribution in [3.05, 3.63) is 34.6 Å². The molecule has 4 unspecified atom stereocenters. The van der Waals surface area contributed by atoms with Gasteiger partial charge >= 0.3 is 0 Å². The van der Waals surface area contributed by atoms with E-state index in [1.54, 1.807) is 6.07 Å². The topological polar surface area (TPSA) is 23.8 Å². The van der Waals surface area contributed by atoms with Gasteiger partial charge in [0.1, 0.15) is 5.82 Å². The van der Waals surface area contributed by atoms with Gasteiger partial charge in [0.25, 0.3) is 0 Å². The van der Waals surface area contributed by atoms with Crippen LogP contribution in [-0.2, 0) is 0 Å². The fourth-order valence-electron chi connectivity index (χ4n) is 3.85. The second-order valence-electron chi connectivity index (χ2n) is 5.61. The third-order valence-electron chi connectivity index (χ3n) is 4.66. The summed E-state index contributed by atoms with van der Waals surface area (Å²) in [7, 11) is 0. The fourth-order valence-corrected chi connectivity index (χ4v) is 4.14. The number of halogens is 2. The first-order valence-electron chi connectivity index (χ1n) is 6.53. The van der Waals surface area contributed by atoms with Crippen LogP contribution in [0.4, 0.5) is 4.39 Å². The molecular formula is C15H15ClFN. The zero-order valence-electron chi connectivity index (χ0n) is 10.1. The lowest BCUT2D eigenvalue weighted by molar-refractivity contribution is 0.311. The Hall–Kier alpha value is -1.07. The Morgan fingerprint density at radius 1 is 1.33 bits per heavy atom. The van der Waals surface area contributed by atoms with Gasteiger partial charge in [-0.1, -0.05) is 24.1 Å². The second kappa shape index (κ2) is 4.55. The van der Waals surface area contributed by atoms with E-state index in [0.717, 1.165) is 17.9 Å². The molecule has 2 bridgehead atoms. The summed E-state index contributed by atoms with van der Waals surface area (Å²) in [6.45, 7) is 0. The van der Waals surface area contributed by atoms with E-state index in [1.165, 1.54) is 31.4 Å². The number of nitrogens with zero attached hydrogens (tertiary/aromatic N) is 1. The molecule has 2 aliphatic rings. The monoisotopic (exact) mass is 263 g/mol. The number of hydrogen-bond donors (Lipinski definition) is 0. The van der Waals surface area contributed by atoms with Crippen molar-refractivity contribution in [3.63, 3.8) is 0 Å². The summed E-state index contributed by atoms with van der Waals surface area (Å²) >= 11 is 6.09. The maximum atomic E-state index is 13.1. The van der Waals surface area contributed by atoms with Crippen molar-refractivity contribution in [1.29, 1.82) is 5.26 Å². The molecule has 2 aliphatic carbocycles. The number of fused-ring (bicyclic) bond motifs is 2. The Morgan fingerprint density at radius 2 is 2.17 bits per heavy atom. The van der Waals surface area contributed by atoms with Gasteiger partial charge in [-0.2, -0.15) is 5.26 Å². The molecule has 1 aromatic carbocycles. The highest BCUT2D eigenvalue weighted by atomic mass is 35.5. The molecule has 0 saturated heterocycles. The summed E-state index contributed by atoms with van der Waals surface area (Å²) in [5.41, 5.74) is 0.804. The highest BCUT2D eigenvalue weighted by Gasteiger charge is 2.44. The van der Waals surface area contributed by atoms with E-state index in [4.69, 9.17) is 11.6 Å². The molecule has 0 aromatic heterocycles. The lowest BCUT2D eigenvalue weighted by Crippen LogP contribution is -2.18. The molecule has 0 aliphatic heterocycles. The van der Waals surface area contributed by atoms with Gasteiger partial charge in [-0.15, -0.1) is 0 Å². The molecule has 94 valence electrons. The predicted octanol–water partition coefficient (Wildman–Crippen LogP) is 4.52. The minimum atomic E-state index is -0.339. The van der Waals surface area contributed by atoms with Crippen LogP contribution in [0.2, 0.25) is 5.02 Å². The molecule has 0 heterocycles. The SMILES string of the molecule is N#CC(c1ccc(F)cc1Cl)C1CC2CCC1C2. The van der Waals surface area contributed by atoms with Crippen molar-refractivity contribution < 1.29 is 4.39 Å². The van der Waals surface area contributed by atoms with Gasteiger partial charge in [-0.3, -0.25) is 0 Å². The zero-order valence-corrected chi connectivity index (χ0v) is 10.8. The Labute approximate surface area is 112 Å². The molecule has 3 heteroatoms. The van der Waals surface area contributed by atoms with Crippen molar-refractivity contribution in [2.75, 3.05) is 0 Å². The van der Waals surface area contributed by atoms with Gasteiger partial charge < -0.3 is 0 Å². The van der Waals surface area contributed by atoms with E-state index in [1.807, 2.05) is 0 Å². The van der Waals surface area contributed by atoms with E-state index >= 15 is 0 Å². The number of rotatable bonds is 2. The highest BCUT2D eigenvalue weighted by molar-refractivity contribution is 6.31. The largest absolute Gasteiger partial charge is 0.207 e. The molecule has 0 radical (unpaired) electrons. The van der Waals surface area contributed by atoms with E-state index in [-0.39, 0.29) is 11.7 Å². The summed E-state index contributed by atoms with van der Waals surface area (Å²) in [5, 5.41) is 9.85. The quantitative estimate of drug-likeness (QED) is 0.769. The third kappa shape index (κ3) is 1.91. The maximum Gasteiger partial charge on any atom is 0.124 e. The molecule has 0 N–H and O–H groups in total. The fraction of sp³-hybridized carbons (Fsp3) is 0.533. The Morgan fingerprint density at radius 3 is 2.72 bits per heavy atom. The first-order valence-corrected chi connectivity index (χ1v) is 6.91. The summed E-state index contributed by atoms with van der Waals surface area (Å²) in [6.07, 6.45) is 4.96. The summed E-state index contributed by atoms with van der Waals surface area (Å²) < 4.78 is 13.1. The summed E-state index contributed by atoms with van der Waals surface area (Å²) in [4.78, 5) is 0. The van der Waals surface area contributed by atoms with Crippen LogP contribution in [0, 0.1) is 34.9 Å². The summed E-state index contributed by atoms with van der Waals surface area (Å²) in [5.74, 6) is 1.37. The van der Waals surface area contributed by atoms with Gasteiger partial charge in [0.15, 0.2) is 0 Å². The van der Waals surface area contributed by atoms with Crippen LogP contribution in [0.1, 0.15) is 37.2 Å². The Bertz CT molecular complexity index is 508. The van der Waals surface area contributed by atoms with Crippen LogP contribution >= 0.6 is 11.6 Å². The average molecular weight is 264 g/mol. The van der Waals surface area contributed by atoms with Crippen LogP contribution in [0.15, 0.2) is 18.2 Å². The van der Waals surface area contributed by atoms with Gasteiger partial charge in [0.2, 0.25) is 0 Å². The first-order chi connectivity index (χ1) is 8.69. The lowest BCUT2D eigenvalue weighted by atomic mass is 9.77. The molecule has 2 fully saturated rings. The van der Waals surface area contributed by atoms with Crippen LogP contribution in [-0.4, -0.2) is 0 Å². The van der Waals surface area contributed by atoms with Crippen molar-refractivity contribution in [3.8, 4) is 6.07 Å². The normalized spacial score (nSPS) is 31.3. The lowest BCUT2D eigenvalue weighted by Gasteiger charge is -2.26. The maximum absolute atomic E-state index is 13.1. The molecular weight excluding hydrogens is 249 g/mol. The van der Waals surface area contributed by atoms with Crippen molar-refractivity contribution in [1.82, 2.24) is 0 Å². The van der Waals surface area contributed by atoms with Crippen LogP contribution in [0.3, 0.4) is 0 Å². The van der Waals surface area contributed by atoms with Crippen LogP contribution < -0.4 is 0 Å². The summed E-state index contributed by atoms with van der Waals surface area (Å²) in [6, 6.07) is 6.79. The third-order valence-corrected chi connectivity index (χ3v) is 4.98. The Balaban J connectivity index is 1.91. The van der Waals surface area contributed by atoms with Crippen molar-refractivity contribution >= 4 is 11.6 Å². The van der Waals surface area contributed by atoms with E-state index < -0.39 is 0 Å². The van der Waals surface area contributed by atoms with Gasteiger partial charge in [0.05, 0.1) is 12.0 Å². The molecule has 2 saturated carbocycles. The molecule has 1 aromatic rings. The number of hydrogen-bond acceptors (Lipinski definition) is 1. The molecule has 1 nitrogen and oxygen atoms in total. The number of benzene rings is 1. The molecule has 0 spiro atoms.